The molecule has 2 heterocycles. The predicted molar refractivity (Wildman–Crippen MR) is 60.6 cm³/mol. The Morgan fingerprint density at radius 1 is 1.47 bits per heavy atom. The van der Waals surface area contributed by atoms with Crippen LogP contribution in [0.2, 0.25) is 0 Å². The fourth-order valence-electron chi connectivity index (χ4n) is 1.22. The summed E-state index contributed by atoms with van der Waals surface area (Å²) < 4.78 is 0. The number of hydrogen-bond donors (Lipinski definition) is 1. The second kappa shape index (κ2) is 4.58. The summed E-state index contributed by atoms with van der Waals surface area (Å²) in [6.45, 7) is 0.726. The van der Waals surface area contributed by atoms with Gasteiger partial charge < -0.3 is 5.32 Å². The maximum atomic E-state index is 8.86. The van der Waals surface area contributed by atoms with Gasteiger partial charge in [-0.3, -0.25) is 4.98 Å². The minimum absolute atomic E-state index is 0.625. The van der Waals surface area contributed by atoms with E-state index in [0.717, 1.165) is 12.2 Å². The van der Waals surface area contributed by atoms with E-state index in [1.54, 1.807) is 29.8 Å². The number of hydrogen-bond acceptors (Lipinski definition) is 4. The van der Waals surface area contributed by atoms with Gasteiger partial charge in [-0.05, 0) is 28.5 Å². The van der Waals surface area contributed by atoms with Crippen molar-refractivity contribution < 1.29 is 0 Å². The molecule has 0 aliphatic carbocycles. The quantitative estimate of drug-likeness (QED) is 0.856. The number of rotatable bonds is 3. The number of pyridine rings is 1. The molecule has 0 bridgehead atoms. The van der Waals surface area contributed by atoms with Crippen LogP contribution in [0.1, 0.15) is 11.1 Å². The van der Waals surface area contributed by atoms with Gasteiger partial charge in [-0.1, -0.05) is 0 Å². The molecule has 0 aliphatic rings. The average molecular weight is 215 g/mol. The third-order valence-corrected chi connectivity index (χ3v) is 2.74. The Morgan fingerprint density at radius 2 is 2.40 bits per heavy atom. The lowest BCUT2D eigenvalue weighted by Gasteiger charge is -2.05. The van der Waals surface area contributed by atoms with E-state index in [1.807, 2.05) is 5.38 Å². The lowest BCUT2D eigenvalue weighted by Crippen LogP contribution is -2.00. The van der Waals surface area contributed by atoms with E-state index in [0.29, 0.717) is 5.56 Å². The predicted octanol–water partition coefficient (Wildman–Crippen LogP) is 2.63. The molecule has 0 fully saturated rings. The number of anilines is 1. The molecule has 0 amide bonds. The first-order valence-electron chi connectivity index (χ1n) is 4.49. The van der Waals surface area contributed by atoms with E-state index in [2.05, 4.69) is 27.8 Å². The average Bonchev–Trinajstić information content (AvgIpc) is 2.79. The fourth-order valence-corrected chi connectivity index (χ4v) is 1.89. The molecular weight excluding hydrogens is 206 g/mol. The van der Waals surface area contributed by atoms with E-state index < -0.39 is 0 Å². The van der Waals surface area contributed by atoms with E-state index in [4.69, 9.17) is 5.26 Å². The highest BCUT2D eigenvalue weighted by Crippen LogP contribution is 2.14. The van der Waals surface area contributed by atoms with Crippen LogP contribution in [0.25, 0.3) is 0 Å². The van der Waals surface area contributed by atoms with Crippen LogP contribution in [0.3, 0.4) is 0 Å². The summed E-state index contributed by atoms with van der Waals surface area (Å²) in [4.78, 5) is 3.98. The molecule has 1 N–H and O–H groups in total. The van der Waals surface area contributed by atoms with Crippen LogP contribution in [0.5, 0.6) is 0 Å². The van der Waals surface area contributed by atoms with Crippen molar-refractivity contribution in [2.24, 2.45) is 0 Å². The second-order valence-corrected chi connectivity index (χ2v) is 3.80. The SMILES string of the molecule is N#Cc1ccncc1NCc1ccsc1. The van der Waals surface area contributed by atoms with E-state index in [-0.39, 0.29) is 0 Å². The molecule has 2 aromatic rings. The van der Waals surface area contributed by atoms with E-state index in [1.165, 1.54) is 5.56 Å². The number of nitrogens with zero attached hydrogens (tertiary/aromatic N) is 2. The van der Waals surface area contributed by atoms with Crippen molar-refractivity contribution in [3.8, 4) is 6.07 Å². The largest absolute Gasteiger partial charge is 0.379 e. The van der Waals surface area contributed by atoms with Crippen LogP contribution < -0.4 is 5.32 Å². The molecule has 2 rings (SSSR count). The summed E-state index contributed by atoms with van der Waals surface area (Å²) in [7, 11) is 0. The Kier molecular flexibility index (Phi) is 2.96. The smallest absolute Gasteiger partial charge is 0.101 e. The monoisotopic (exact) mass is 215 g/mol. The molecule has 0 saturated heterocycles. The van der Waals surface area contributed by atoms with Crippen LogP contribution in [0, 0.1) is 11.3 Å². The first-order chi connectivity index (χ1) is 7.40. The summed E-state index contributed by atoms with van der Waals surface area (Å²) >= 11 is 1.66. The van der Waals surface area contributed by atoms with Crippen LogP contribution in [0.4, 0.5) is 5.69 Å². The number of aromatic nitrogens is 1. The van der Waals surface area contributed by atoms with Gasteiger partial charge in [0.15, 0.2) is 0 Å². The molecule has 2 aromatic heterocycles. The lowest BCUT2D eigenvalue weighted by molar-refractivity contribution is 1.14. The minimum atomic E-state index is 0.625. The van der Waals surface area contributed by atoms with Gasteiger partial charge in [0, 0.05) is 12.7 Å². The molecule has 0 atom stereocenters. The van der Waals surface area contributed by atoms with Crippen molar-refractivity contribution >= 4 is 17.0 Å². The van der Waals surface area contributed by atoms with Crippen molar-refractivity contribution in [2.45, 2.75) is 6.54 Å². The van der Waals surface area contributed by atoms with Gasteiger partial charge in [0.2, 0.25) is 0 Å². The normalized spacial score (nSPS) is 9.53. The zero-order valence-corrected chi connectivity index (χ0v) is 8.79. The Morgan fingerprint density at radius 3 is 3.13 bits per heavy atom. The topological polar surface area (TPSA) is 48.7 Å². The third kappa shape index (κ3) is 2.33. The summed E-state index contributed by atoms with van der Waals surface area (Å²) in [5.41, 5.74) is 2.62. The molecule has 0 spiro atoms. The van der Waals surface area contributed by atoms with Gasteiger partial charge in [-0.25, -0.2) is 0 Å². The standard InChI is InChI=1S/C11H9N3S/c12-5-10-1-3-13-7-11(10)14-6-9-2-4-15-8-9/h1-4,7-8,14H,6H2. The zero-order valence-electron chi connectivity index (χ0n) is 7.97. The summed E-state index contributed by atoms with van der Waals surface area (Å²) in [5, 5.41) is 16.2. The molecule has 15 heavy (non-hydrogen) atoms. The zero-order chi connectivity index (χ0) is 10.5. The molecule has 3 nitrogen and oxygen atoms in total. The second-order valence-electron chi connectivity index (χ2n) is 3.02. The Hall–Kier alpha value is -1.86. The minimum Gasteiger partial charge on any atom is -0.379 e. The van der Waals surface area contributed by atoms with Crippen molar-refractivity contribution in [1.82, 2.24) is 4.98 Å². The summed E-state index contributed by atoms with van der Waals surface area (Å²) in [6, 6.07) is 5.89. The van der Waals surface area contributed by atoms with Crippen LogP contribution in [0.15, 0.2) is 35.3 Å². The maximum Gasteiger partial charge on any atom is 0.101 e. The van der Waals surface area contributed by atoms with E-state index in [9.17, 15) is 0 Å². The van der Waals surface area contributed by atoms with Crippen molar-refractivity contribution in [1.29, 1.82) is 5.26 Å². The first-order valence-corrected chi connectivity index (χ1v) is 5.43. The van der Waals surface area contributed by atoms with Crippen LogP contribution >= 0.6 is 11.3 Å². The molecule has 74 valence electrons. The van der Waals surface area contributed by atoms with Crippen molar-refractivity contribution in [3.63, 3.8) is 0 Å². The number of nitrogens with one attached hydrogen (secondary N) is 1. The molecule has 4 heteroatoms. The number of nitriles is 1. The molecule has 0 radical (unpaired) electrons. The molecule has 0 unspecified atom stereocenters. The Bertz CT molecular complexity index is 471. The van der Waals surface area contributed by atoms with Gasteiger partial charge in [-0.2, -0.15) is 16.6 Å². The van der Waals surface area contributed by atoms with Gasteiger partial charge in [-0.15, -0.1) is 0 Å². The highest BCUT2D eigenvalue weighted by molar-refractivity contribution is 7.07. The van der Waals surface area contributed by atoms with Crippen LogP contribution in [-0.4, -0.2) is 4.98 Å². The lowest BCUT2D eigenvalue weighted by atomic mass is 10.2. The third-order valence-electron chi connectivity index (χ3n) is 2.00. The van der Waals surface area contributed by atoms with Crippen molar-refractivity contribution in [2.75, 3.05) is 5.32 Å². The van der Waals surface area contributed by atoms with Gasteiger partial charge in [0.25, 0.3) is 0 Å². The summed E-state index contributed by atoms with van der Waals surface area (Å²) in [5.74, 6) is 0. The highest BCUT2D eigenvalue weighted by atomic mass is 32.1. The molecular formula is C11H9N3S. The maximum absolute atomic E-state index is 8.86. The Balaban J connectivity index is 2.08. The van der Waals surface area contributed by atoms with Gasteiger partial charge >= 0.3 is 0 Å². The molecule has 0 aromatic carbocycles. The fraction of sp³-hybridized carbons (Fsp3) is 0.0909. The van der Waals surface area contributed by atoms with Gasteiger partial charge in [0.1, 0.15) is 6.07 Å². The van der Waals surface area contributed by atoms with Crippen molar-refractivity contribution in [3.05, 3.63) is 46.4 Å². The molecule has 0 aliphatic heterocycles. The van der Waals surface area contributed by atoms with Crippen LogP contribution in [-0.2, 0) is 6.54 Å². The van der Waals surface area contributed by atoms with E-state index >= 15 is 0 Å². The summed E-state index contributed by atoms with van der Waals surface area (Å²) in [6.07, 6.45) is 3.29. The highest BCUT2D eigenvalue weighted by Gasteiger charge is 2.00. The first kappa shape index (κ1) is 9.69. The van der Waals surface area contributed by atoms with Gasteiger partial charge in [0.05, 0.1) is 17.4 Å². The number of thiophene rings is 1. The Labute approximate surface area is 92.0 Å². The molecule has 0 saturated carbocycles.